The third-order valence-electron chi connectivity index (χ3n) is 2.98. The van der Waals surface area contributed by atoms with Crippen LogP contribution in [0.25, 0.3) is 10.8 Å². The van der Waals surface area contributed by atoms with Crippen molar-refractivity contribution < 1.29 is 30.4 Å². The van der Waals surface area contributed by atoms with Gasteiger partial charge < -0.3 is 0 Å². The van der Waals surface area contributed by atoms with Crippen LogP contribution in [0.5, 0.6) is 0 Å². The minimum atomic E-state index is -4.66. The molecule has 2 N–H and O–H groups in total. The molecule has 0 bridgehead atoms. The van der Waals surface area contributed by atoms with Gasteiger partial charge in [0.05, 0.1) is 30.1 Å². The molecule has 2 rings (SSSR count). The second kappa shape index (κ2) is 6.81. The second-order valence-corrected chi connectivity index (χ2v) is 7.80. The van der Waals surface area contributed by atoms with Crippen LogP contribution in [0.4, 0.5) is 5.69 Å². The summed E-state index contributed by atoms with van der Waals surface area (Å²) in [5.74, 6) is -0.568. The Morgan fingerprint density at radius 2 is 1.70 bits per heavy atom. The van der Waals surface area contributed by atoms with E-state index in [-0.39, 0.29) is 4.90 Å². The van der Waals surface area contributed by atoms with E-state index < -0.39 is 32.6 Å². The van der Waals surface area contributed by atoms with Crippen LogP contribution in [-0.4, -0.2) is 40.9 Å². The van der Waals surface area contributed by atoms with Gasteiger partial charge in [-0.25, -0.2) is 12.6 Å². The predicted octanol–water partition coefficient (Wildman–Crippen LogP) is 1.41. The molecule has 0 amide bonds. The van der Waals surface area contributed by atoms with Gasteiger partial charge in [0.15, 0.2) is 9.84 Å². The summed E-state index contributed by atoms with van der Waals surface area (Å²) in [6.45, 7) is -0.657. The van der Waals surface area contributed by atoms with Gasteiger partial charge in [-0.05, 0) is 35.0 Å². The Morgan fingerprint density at radius 1 is 1.04 bits per heavy atom. The number of anilines is 1. The summed E-state index contributed by atoms with van der Waals surface area (Å²) in [4.78, 5) is 4.84. The molecule has 0 spiro atoms. The van der Waals surface area contributed by atoms with Gasteiger partial charge in [0.25, 0.3) is 0 Å². The normalized spacial score (nSPS) is 12.4. The number of benzene rings is 2. The van der Waals surface area contributed by atoms with Crippen molar-refractivity contribution in [2.24, 2.45) is 0 Å². The molecule has 0 atom stereocenters. The molecule has 8 nitrogen and oxygen atoms in total. The quantitative estimate of drug-likeness (QED) is 0.561. The van der Waals surface area contributed by atoms with Crippen LogP contribution in [0.1, 0.15) is 0 Å². The summed E-state index contributed by atoms with van der Waals surface area (Å²) in [6, 6.07) is 9.77. The van der Waals surface area contributed by atoms with Gasteiger partial charge in [-0.3, -0.25) is 14.9 Å². The van der Waals surface area contributed by atoms with Gasteiger partial charge in [-0.1, -0.05) is 12.1 Å². The highest BCUT2D eigenvalue weighted by molar-refractivity contribution is 7.91. The third-order valence-corrected chi connectivity index (χ3v) is 5.12. The summed E-state index contributed by atoms with van der Waals surface area (Å²) in [6.07, 6.45) is 0. The van der Waals surface area contributed by atoms with Gasteiger partial charge in [-0.2, -0.15) is 8.42 Å². The smallest absolute Gasteiger partial charge is 0.279 e. The van der Waals surface area contributed by atoms with Crippen LogP contribution >= 0.6 is 0 Å². The maximum atomic E-state index is 12.1. The molecule has 2 aromatic carbocycles. The van der Waals surface area contributed by atoms with E-state index in [1.54, 1.807) is 24.3 Å². The largest absolute Gasteiger partial charge is 0.397 e. The van der Waals surface area contributed by atoms with E-state index in [0.29, 0.717) is 5.39 Å². The average molecular weight is 361 g/mol. The van der Waals surface area contributed by atoms with E-state index in [1.165, 1.54) is 19.2 Å². The Morgan fingerprint density at radius 3 is 2.35 bits per heavy atom. The number of hydrogen-bond acceptors (Lipinski definition) is 7. The van der Waals surface area contributed by atoms with E-state index in [9.17, 15) is 16.8 Å². The highest BCUT2D eigenvalue weighted by atomic mass is 32.3. The first-order valence-electron chi connectivity index (χ1n) is 6.39. The van der Waals surface area contributed by atoms with Crippen molar-refractivity contribution in [3.8, 4) is 0 Å². The summed E-state index contributed by atoms with van der Waals surface area (Å²) in [5, 5.41) is 1.50. The number of nitrogens with one attached hydrogen (secondary N) is 1. The van der Waals surface area contributed by atoms with Crippen LogP contribution in [-0.2, 0) is 29.3 Å². The Hall–Kier alpha value is -1.72. The highest BCUT2D eigenvalue weighted by Gasteiger charge is 2.17. The highest BCUT2D eigenvalue weighted by Crippen LogP contribution is 2.23. The van der Waals surface area contributed by atoms with Crippen molar-refractivity contribution in [1.82, 2.24) is 0 Å². The first kappa shape index (κ1) is 17.6. The Kier molecular flexibility index (Phi) is 5.22. The molecule has 2 aromatic rings. The summed E-state index contributed by atoms with van der Waals surface area (Å²) < 4.78 is 57.6. The zero-order chi connectivity index (χ0) is 17.1. The zero-order valence-corrected chi connectivity index (χ0v) is 13.7. The van der Waals surface area contributed by atoms with Crippen LogP contribution in [0.3, 0.4) is 0 Å². The molecule has 0 aliphatic rings. The van der Waals surface area contributed by atoms with E-state index >= 15 is 0 Å². The van der Waals surface area contributed by atoms with Crippen LogP contribution in [0.15, 0.2) is 41.3 Å². The van der Waals surface area contributed by atoms with Crippen molar-refractivity contribution in [2.75, 3.05) is 24.9 Å². The predicted molar refractivity (Wildman–Crippen MR) is 84.1 cm³/mol. The molecule has 0 aliphatic heterocycles. The maximum absolute atomic E-state index is 12.1. The van der Waals surface area contributed by atoms with Gasteiger partial charge in [0, 0.05) is 0 Å². The lowest BCUT2D eigenvalue weighted by molar-refractivity contribution is 0.271. The Balaban J connectivity index is 2.23. The topological polar surface area (TPSA) is 119 Å². The van der Waals surface area contributed by atoms with E-state index in [1.807, 2.05) is 0 Å². The molecule has 0 saturated carbocycles. The lowest BCUT2D eigenvalue weighted by Crippen LogP contribution is -2.15. The molecular formula is C13H15NO7S2. The molecule has 0 heterocycles. The third kappa shape index (κ3) is 4.88. The van der Waals surface area contributed by atoms with Gasteiger partial charge in [0.2, 0.25) is 0 Å². The average Bonchev–Trinajstić information content (AvgIpc) is 2.45. The molecule has 23 heavy (non-hydrogen) atoms. The minimum Gasteiger partial charge on any atom is -0.279 e. The standard InChI is InChI=1S/C13H15NO7S2/c1-20-14-12-4-2-11-9-13(5-3-10(11)8-12)22(15,16)7-6-21-23(17,18)19/h2-5,8-9,14H,6-7H2,1H3,(H,17,18,19). The summed E-state index contributed by atoms with van der Waals surface area (Å²) >= 11 is 0. The number of hydrogen-bond donors (Lipinski definition) is 2. The van der Waals surface area contributed by atoms with Crippen molar-refractivity contribution in [3.05, 3.63) is 36.4 Å². The number of rotatable bonds is 7. The monoisotopic (exact) mass is 361 g/mol. The van der Waals surface area contributed by atoms with E-state index in [4.69, 9.17) is 9.39 Å². The van der Waals surface area contributed by atoms with Crippen LogP contribution in [0.2, 0.25) is 0 Å². The van der Waals surface area contributed by atoms with Crippen molar-refractivity contribution in [3.63, 3.8) is 0 Å². The van der Waals surface area contributed by atoms with Gasteiger partial charge in [-0.15, -0.1) is 0 Å². The zero-order valence-electron chi connectivity index (χ0n) is 12.1. The Bertz CT molecular complexity index is 907. The van der Waals surface area contributed by atoms with Crippen LogP contribution in [0, 0.1) is 0 Å². The van der Waals surface area contributed by atoms with E-state index in [0.717, 1.165) is 11.1 Å². The maximum Gasteiger partial charge on any atom is 0.397 e. The Labute approximate surface area is 133 Å². The fourth-order valence-electron chi connectivity index (χ4n) is 1.97. The number of fused-ring (bicyclic) bond motifs is 1. The molecule has 0 radical (unpaired) electrons. The first-order valence-corrected chi connectivity index (χ1v) is 9.40. The fourth-order valence-corrected chi connectivity index (χ4v) is 3.49. The first-order chi connectivity index (χ1) is 10.7. The van der Waals surface area contributed by atoms with Crippen molar-refractivity contribution in [1.29, 1.82) is 0 Å². The molecule has 0 saturated heterocycles. The van der Waals surface area contributed by atoms with Gasteiger partial charge in [0.1, 0.15) is 0 Å². The molecule has 0 unspecified atom stereocenters. The summed E-state index contributed by atoms with van der Waals surface area (Å²) in [7, 11) is -6.91. The number of sulfone groups is 1. The minimum absolute atomic E-state index is 0.0383. The summed E-state index contributed by atoms with van der Waals surface area (Å²) in [5.41, 5.74) is 3.39. The van der Waals surface area contributed by atoms with Crippen LogP contribution < -0.4 is 5.48 Å². The molecule has 10 heteroatoms. The SMILES string of the molecule is CONc1ccc2cc(S(=O)(=O)CCOS(=O)(=O)O)ccc2c1. The molecule has 126 valence electrons. The lowest BCUT2D eigenvalue weighted by Gasteiger charge is -2.08. The van der Waals surface area contributed by atoms with Crippen molar-refractivity contribution in [2.45, 2.75) is 4.90 Å². The van der Waals surface area contributed by atoms with E-state index in [2.05, 4.69) is 9.66 Å². The molecular weight excluding hydrogens is 346 g/mol. The molecule has 0 aliphatic carbocycles. The van der Waals surface area contributed by atoms with Crippen molar-refractivity contribution >= 4 is 36.7 Å². The van der Waals surface area contributed by atoms with Gasteiger partial charge >= 0.3 is 10.4 Å². The fraction of sp³-hybridized carbons (Fsp3) is 0.231. The molecule has 0 fully saturated rings. The molecule has 0 aromatic heterocycles. The second-order valence-electron chi connectivity index (χ2n) is 4.60. The lowest BCUT2D eigenvalue weighted by atomic mass is 10.1.